The Morgan fingerprint density at radius 2 is 1.91 bits per heavy atom. The molecule has 0 spiro atoms. The minimum atomic E-state index is -0.0611. The van der Waals surface area contributed by atoms with Crippen LogP contribution in [-0.4, -0.2) is 21.6 Å². The first kappa shape index (κ1) is 21.0. The van der Waals surface area contributed by atoms with Gasteiger partial charge in [0.05, 0.1) is 16.9 Å². The van der Waals surface area contributed by atoms with Gasteiger partial charge in [-0.05, 0) is 48.4 Å². The lowest BCUT2D eigenvalue weighted by atomic mass is 10.0. The quantitative estimate of drug-likeness (QED) is 0.409. The van der Waals surface area contributed by atoms with E-state index in [1.54, 1.807) is 11.3 Å². The Kier molecular flexibility index (Phi) is 6.10. The molecule has 2 heterocycles. The Labute approximate surface area is 194 Å². The number of hydrogen-bond acceptors (Lipinski definition) is 5. The van der Waals surface area contributed by atoms with Gasteiger partial charge in [-0.25, -0.2) is 4.98 Å². The number of anilines is 1. The smallest absolute Gasteiger partial charge is 0.259 e. The van der Waals surface area contributed by atoms with Crippen molar-refractivity contribution in [2.24, 2.45) is 0 Å². The van der Waals surface area contributed by atoms with Gasteiger partial charge in [0.2, 0.25) is 5.91 Å². The number of para-hydroxylation sites is 1. The summed E-state index contributed by atoms with van der Waals surface area (Å²) < 4.78 is 0. The number of rotatable bonds is 7. The van der Waals surface area contributed by atoms with E-state index in [0.717, 1.165) is 47.2 Å². The zero-order valence-electron chi connectivity index (χ0n) is 17.5. The number of benzene rings is 2. The molecule has 0 unspecified atom stereocenters. The van der Waals surface area contributed by atoms with Crippen molar-refractivity contribution in [3.8, 4) is 0 Å². The summed E-state index contributed by atoms with van der Waals surface area (Å²) in [4.78, 5) is 34.8. The Hall–Kier alpha value is -2.90. The molecule has 0 bridgehead atoms. The van der Waals surface area contributed by atoms with Crippen LogP contribution in [0.4, 0.5) is 5.69 Å². The van der Waals surface area contributed by atoms with E-state index in [2.05, 4.69) is 27.4 Å². The van der Waals surface area contributed by atoms with E-state index in [-0.39, 0.29) is 11.5 Å². The van der Waals surface area contributed by atoms with Gasteiger partial charge in [-0.1, -0.05) is 48.5 Å². The van der Waals surface area contributed by atoms with Crippen LogP contribution < -0.4 is 10.9 Å². The summed E-state index contributed by atoms with van der Waals surface area (Å²) in [6, 6.07) is 18.1. The van der Waals surface area contributed by atoms with Crippen molar-refractivity contribution in [2.75, 3.05) is 11.1 Å². The third kappa shape index (κ3) is 4.49. The minimum absolute atomic E-state index is 0.0516. The van der Waals surface area contributed by atoms with Gasteiger partial charge in [0.15, 0.2) is 0 Å². The number of H-pyrrole nitrogens is 1. The molecule has 32 heavy (non-hydrogen) atoms. The summed E-state index contributed by atoms with van der Waals surface area (Å²) in [5.41, 5.74) is 4.26. The predicted octanol–water partition coefficient (Wildman–Crippen LogP) is 4.94. The molecule has 0 saturated heterocycles. The highest BCUT2D eigenvalue weighted by molar-refractivity contribution is 7.99. The van der Waals surface area contributed by atoms with Gasteiger partial charge in [0.1, 0.15) is 10.7 Å². The minimum Gasteiger partial charge on any atom is -0.325 e. The van der Waals surface area contributed by atoms with E-state index >= 15 is 0 Å². The maximum absolute atomic E-state index is 12.6. The molecule has 1 amide bonds. The first-order valence-electron chi connectivity index (χ1n) is 10.7. The molecule has 1 aliphatic carbocycles. The van der Waals surface area contributed by atoms with E-state index < -0.39 is 0 Å². The topological polar surface area (TPSA) is 74.8 Å². The lowest BCUT2D eigenvalue weighted by Crippen LogP contribution is -2.16. The fourth-order valence-corrected chi connectivity index (χ4v) is 6.12. The first-order chi connectivity index (χ1) is 15.7. The molecule has 2 aromatic carbocycles. The molecule has 162 valence electrons. The molecule has 0 aliphatic heterocycles. The zero-order valence-corrected chi connectivity index (χ0v) is 19.2. The number of thioether (sulfide) groups is 1. The van der Waals surface area contributed by atoms with Crippen molar-refractivity contribution in [3.05, 3.63) is 92.3 Å². The van der Waals surface area contributed by atoms with Crippen LogP contribution in [0.25, 0.3) is 10.2 Å². The van der Waals surface area contributed by atoms with Gasteiger partial charge in [-0.15, -0.1) is 23.1 Å². The average Bonchev–Trinajstić information content (AvgIpc) is 3.37. The summed E-state index contributed by atoms with van der Waals surface area (Å²) >= 11 is 3.09. The SMILES string of the molecule is O=C(CSCc1nc2sc3c(c2c(=O)[nH]1)CCC3)Nc1ccccc1Cc1ccccc1. The Morgan fingerprint density at radius 3 is 2.78 bits per heavy atom. The zero-order chi connectivity index (χ0) is 21.9. The van der Waals surface area contributed by atoms with Gasteiger partial charge in [-0.2, -0.15) is 0 Å². The summed E-state index contributed by atoms with van der Waals surface area (Å²) in [6.45, 7) is 0. The van der Waals surface area contributed by atoms with Gasteiger partial charge in [0, 0.05) is 10.6 Å². The van der Waals surface area contributed by atoms with Crippen molar-refractivity contribution in [2.45, 2.75) is 31.4 Å². The maximum atomic E-state index is 12.6. The van der Waals surface area contributed by atoms with E-state index in [4.69, 9.17) is 0 Å². The van der Waals surface area contributed by atoms with Gasteiger partial charge >= 0.3 is 0 Å². The van der Waals surface area contributed by atoms with E-state index in [9.17, 15) is 9.59 Å². The molecule has 1 aliphatic rings. The number of nitrogens with zero attached hydrogens (tertiary/aromatic N) is 1. The molecule has 0 fully saturated rings. The number of aromatic amines is 1. The second-order valence-corrected chi connectivity index (χ2v) is 9.98. The Morgan fingerprint density at radius 1 is 1.09 bits per heavy atom. The van der Waals surface area contributed by atoms with Crippen LogP contribution in [0, 0.1) is 0 Å². The maximum Gasteiger partial charge on any atom is 0.259 e. The van der Waals surface area contributed by atoms with Crippen molar-refractivity contribution in [1.29, 1.82) is 0 Å². The van der Waals surface area contributed by atoms with Crippen LogP contribution in [0.15, 0.2) is 59.4 Å². The van der Waals surface area contributed by atoms with E-state index in [1.165, 1.54) is 27.8 Å². The largest absolute Gasteiger partial charge is 0.325 e. The molecule has 4 aromatic rings. The fourth-order valence-electron chi connectivity index (χ4n) is 4.15. The summed E-state index contributed by atoms with van der Waals surface area (Å²) in [5.74, 6) is 1.36. The number of fused-ring (bicyclic) bond motifs is 3. The first-order valence-corrected chi connectivity index (χ1v) is 12.7. The second kappa shape index (κ2) is 9.30. The van der Waals surface area contributed by atoms with Crippen molar-refractivity contribution in [3.63, 3.8) is 0 Å². The van der Waals surface area contributed by atoms with Crippen molar-refractivity contribution >= 4 is 44.9 Å². The molecule has 0 atom stereocenters. The summed E-state index contributed by atoms with van der Waals surface area (Å²) in [6.07, 6.45) is 3.91. The average molecular weight is 462 g/mol. The van der Waals surface area contributed by atoms with Crippen LogP contribution in [0.5, 0.6) is 0 Å². The number of carbonyl (C=O) groups excluding carboxylic acids is 1. The molecule has 0 radical (unpaired) electrons. The number of hydrogen-bond donors (Lipinski definition) is 2. The lowest BCUT2D eigenvalue weighted by molar-refractivity contribution is -0.113. The molecular weight excluding hydrogens is 438 g/mol. The number of amides is 1. The molecule has 5 nitrogen and oxygen atoms in total. The number of nitrogens with one attached hydrogen (secondary N) is 2. The van der Waals surface area contributed by atoms with Crippen LogP contribution in [-0.2, 0) is 29.8 Å². The highest BCUT2D eigenvalue weighted by Gasteiger charge is 2.21. The Bertz CT molecular complexity index is 1330. The standard InChI is InChI=1S/C25H23N3O2S2/c29-22(26-19-11-5-4-9-17(19)13-16-7-2-1-3-8-16)15-31-14-21-27-24(30)23-18-10-6-12-20(18)32-25(23)28-21/h1-5,7-9,11H,6,10,12-15H2,(H,26,29)(H,27,28,30). The van der Waals surface area contributed by atoms with E-state index in [1.807, 2.05) is 42.5 Å². The van der Waals surface area contributed by atoms with Gasteiger partial charge < -0.3 is 10.3 Å². The molecule has 2 aromatic heterocycles. The molecule has 0 saturated carbocycles. The molecular formula is C25H23N3O2S2. The van der Waals surface area contributed by atoms with Crippen LogP contribution >= 0.6 is 23.1 Å². The van der Waals surface area contributed by atoms with Gasteiger partial charge in [-0.3, -0.25) is 9.59 Å². The van der Waals surface area contributed by atoms with Crippen molar-refractivity contribution < 1.29 is 4.79 Å². The summed E-state index contributed by atoms with van der Waals surface area (Å²) in [7, 11) is 0. The fraction of sp³-hybridized carbons (Fsp3) is 0.240. The van der Waals surface area contributed by atoms with Gasteiger partial charge in [0.25, 0.3) is 5.56 Å². The van der Waals surface area contributed by atoms with Crippen LogP contribution in [0.3, 0.4) is 0 Å². The van der Waals surface area contributed by atoms with Crippen LogP contribution in [0.1, 0.15) is 33.8 Å². The highest BCUT2D eigenvalue weighted by Crippen LogP contribution is 2.34. The third-order valence-corrected chi connectivity index (χ3v) is 7.75. The van der Waals surface area contributed by atoms with Crippen molar-refractivity contribution in [1.82, 2.24) is 9.97 Å². The third-order valence-electron chi connectivity index (χ3n) is 5.62. The number of aromatic nitrogens is 2. The Balaban J connectivity index is 1.21. The lowest BCUT2D eigenvalue weighted by Gasteiger charge is -2.11. The monoisotopic (exact) mass is 461 g/mol. The highest BCUT2D eigenvalue weighted by atomic mass is 32.2. The molecule has 2 N–H and O–H groups in total. The number of carbonyl (C=O) groups is 1. The molecule has 7 heteroatoms. The number of aryl methyl sites for hydroxylation is 2. The van der Waals surface area contributed by atoms with Crippen LogP contribution in [0.2, 0.25) is 0 Å². The number of thiophene rings is 1. The summed E-state index contributed by atoms with van der Waals surface area (Å²) in [5, 5.41) is 3.80. The second-order valence-electron chi connectivity index (χ2n) is 7.91. The normalized spacial score (nSPS) is 12.8. The molecule has 5 rings (SSSR count). The predicted molar refractivity (Wildman–Crippen MR) is 133 cm³/mol. The van der Waals surface area contributed by atoms with E-state index in [0.29, 0.717) is 17.3 Å².